The van der Waals surface area contributed by atoms with E-state index >= 15 is 0 Å². The van der Waals surface area contributed by atoms with Crippen LogP contribution in [0.4, 0.5) is 13.2 Å². The molecule has 3 heterocycles. The molecule has 0 radical (unpaired) electrons. The Morgan fingerprint density at radius 1 is 0.964 bits per heavy atom. The van der Waals surface area contributed by atoms with E-state index in [2.05, 4.69) is 0 Å². The van der Waals surface area contributed by atoms with Crippen molar-refractivity contribution in [3.63, 3.8) is 0 Å². The number of rotatable bonds is 2. The monoisotopic (exact) mass is 386 g/mol. The van der Waals surface area contributed by atoms with Crippen LogP contribution in [0.15, 0.2) is 59.5 Å². The van der Waals surface area contributed by atoms with Crippen LogP contribution >= 0.6 is 0 Å². The summed E-state index contributed by atoms with van der Waals surface area (Å²) in [5.41, 5.74) is -0.167. The van der Waals surface area contributed by atoms with Crippen molar-refractivity contribution in [3.8, 4) is 11.1 Å². The lowest BCUT2D eigenvalue weighted by molar-refractivity contribution is -0.137. The van der Waals surface area contributed by atoms with Crippen LogP contribution in [0.1, 0.15) is 28.8 Å². The van der Waals surface area contributed by atoms with Crippen molar-refractivity contribution in [1.29, 1.82) is 0 Å². The van der Waals surface area contributed by atoms with Gasteiger partial charge in [0.05, 0.1) is 16.6 Å². The van der Waals surface area contributed by atoms with Crippen LogP contribution in [0.2, 0.25) is 0 Å². The van der Waals surface area contributed by atoms with E-state index in [1.165, 1.54) is 22.6 Å². The van der Waals surface area contributed by atoms with Gasteiger partial charge in [-0.1, -0.05) is 18.2 Å². The van der Waals surface area contributed by atoms with E-state index in [0.717, 1.165) is 25.0 Å². The Labute approximate surface area is 158 Å². The molecule has 1 aliphatic heterocycles. The quantitative estimate of drug-likeness (QED) is 0.662. The second kappa shape index (κ2) is 6.82. The number of halogens is 3. The summed E-state index contributed by atoms with van der Waals surface area (Å²) in [6, 6.07) is 11.0. The highest BCUT2D eigenvalue weighted by Gasteiger charge is 2.31. The van der Waals surface area contributed by atoms with Gasteiger partial charge in [-0.2, -0.15) is 13.2 Å². The summed E-state index contributed by atoms with van der Waals surface area (Å²) >= 11 is 0. The molecule has 28 heavy (non-hydrogen) atoms. The molecule has 0 saturated carbocycles. The average molecular weight is 386 g/mol. The molecule has 0 unspecified atom stereocenters. The molecule has 1 saturated heterocycles. The fourth-order valence-electron chi connectivity index (χ4n) is 3.64. The molecule has 4 nitrogen and oxygen atoms in total. The number of likely N-dealkylation sites (tertiary alicyclic amines) is 1. The van der Waals surface area contributed by atoms with Gasteiger partial charge < -0.3 is 4.90 Å². The number of amides is 1. The number of carbonyl (C=O) groups excluding carboxylic acids is 1. The van der Waals surface area contributed by atoms with Gasteiger partial charge in [-0.05, 0) is 42.7 Å². The molecule has 0 atom stereocenters. The van der Waals surface area contributed by atoms with Crippen LogP contribution in [0.5, 0.6) is 0 Å². The van der Waals surface area contributed by atoms with Gasteiger partial charge in [0.2, 0.25) is 0 Å². The highest BCUT2D eigenvalue weighted by molar-refractivity contribution is 6.07. The van der Waals surface area contributed by atoms with Crippen LogP contribution in [-0.2, 0) is 6.18 Å². The first-order valence-electron chi connectivity index (χ1n) is 8.97. The normalized spacial score (nSPS) is 14.6. The summed E-state index contributed by atoms with van der Waals surface area (Å²) in [4.78, 5) is 27.5. The van der Waals surface area contributed by atoms with Gasteiger partial charge >= 0.3 is 6.18 Å². The zero-order chi connectivity index (χ0) is 19.9. The van der Waals surface area contributed by atoms with Gasteiger partial charge in [-0.25, -0.2) is 0 Å². The SMILES string of the molecule is O=C(c1c(-c2cccc(C(F)(F)F)c2)cc(=O)n2ccccc12)N1CCCC1. The lowest BCUT2D eigenvalue weighted by atomic mass is 9.97. The van der Waals surface area contributed by atoms with Gasteiger partial charge in [-0.3, -0.25) is 14.0 Å². The third-order valence-corrected chi connectivity index (χ3v) is 5.00. The summed E-state index contributed by atoms with van der Waals surface area (Å²) in [5.74, 6) is -0.270. The Morgan fingerprint density at radius 2 is 1.71 bits per heavy atom. The molecule has 1 aromatic carbocycles. The average Bonchev–Trinajstić information content (AvgIpc) is 3.22. The maximum Gasteiger partial charge on any atom is 0.416 e. The third-order valence-electron chi connectivity index (χ3n) is 5.00. The summed E-state index contributed by atoms with van der Waals surface area (Å²) < 4.78 is 40.9. The van der Waals surface area contributed by atoms with Crippen molar-refractivity contribution in [2.75, 3.05) is 13.1 Å². The van der Waals surface area contributed by atoms with Crippen molar-refractivity contribution >= 4 is 11.4 Å². The predicted octanol–water partition coefficient (Wildman–Crippen LogP) is 4.22. The van der Waals surface area contributed by atoms with Crippen molar-refractivity contribution < 1.29 is 18.0 Å². The number of alkyl halides is 3. The zero-order valence-electron chi connectivity index (χ0n) is 14.9. The first kappa shape index (κ1) is 18.3. The number of hydrogen-bond donors (Lipinski definition) is 0. The van der Waals surface area contributed by atoms with Crippen molar-refractivity contribution in [2.24, 2.45) is 0 Å². The van der Waals surface area contributed by atoms with Gasteiger partial charge in [-0.15, -0.1) is 0 Å². The van der Waals surface area contributed by atoms with Crippen LogP contribution in [-0.4, -0.2) is 28.3 Å². The minimum Gasteiger partial charge on any atom is -0.339 e. The molecule has 1 amide bonds. The van der Waals surface area contributed by atoms with Gasteiger partial charge in [0.1, 0.15) is 0 Å². The lowest BCUT2D eigenvalue weighted by Gasteiger charge is -2.20. The zero-order valence-corrected chi connectivity index (χ0v) is 14.9. The summed E-state index contributed by atoms with van der Waals surface area (Å²) in [6.07, 6.45) is -1.19. The number of hydrogen-bond acceptors (Lipinski definition) is 2. The highest BCUT2D eigenvalue weighted by Crippen LogP contribution is 2.34. The second-order valence-corrected chi connectivity index (χ2v) is 6.81. The summed E-state index contributed by atoms with van der Waals surface area (Å²) in [5, 5.41) is 0. The van der Waals surface area contributed by atoms with E-state index < -0.39 is 17.3 Å². The number of fused-ring (bicyclic) bond motifs is 1. The van der Waals surface area contributed by atoms with E-state index in [4.69, 9.17) is 0 Å². The molecule has 1 aliphatic rings. The highest BCUT2D eigenvalue weighted by atomic mass is 19.4. The number of carbonyl (C=O) groups is 1. The molecule has 3 aromatic rings. The molecular formula is C21H17F3N2O2. The number of aromatic nitrogens is 1. The summed E-state index contributed by atoms with van der Waals surface area (Å²) in [7, 11) is 0. The third kappa shape index (κ3) is 3.17. The molecule has 0 bridgehead atoms. The van der Waals surface area contributed by atoms with Crippen LogP contribution in [0.25, 0.3) is 16.6 Å². The topological polar surface area (TPSA) is 41.8 Å². The van der Waals surface area contributed by atoms with Gasteiger partial charge in [0, 0.05) is 30.9 Å². The van der Waals surface area contributed by atoms with Crippen LogP contribution in [0.3, 0.4) is 0 Å². The molecule has 7 heteroatoms. The molecule has 4 rings (SSSR count). The molecule has 144 valence electrons. The number of pyridine rings is 2. The molecule has 0 spiro atoms. The Bertz CT molecular complexity index is 1110. The van der Waals surface area contributed by atoms with Gasteiger partial charge in [0.25, 0.3) is 11.5 Å². The predicted molar refractivity (Wildman–Crippen MR) is 99.2 cm³/mol. The molecule has 2 aromatic heterocycles. The Morgan fingerprint density at radius 3 is 2.43 bits per heavy atom. The minimum atomic E-state index is -4.51. The molecule has 1 fully saturated rings. The maximum atomic E-state index is 13.2. The van der Waals surface area contributed by atoms with Crippen molar-refractivity contribution in [2.45, 2.75) is 19.0 Å². The molecule has 0 aliphatic carbocycles. The van der Waals surface area contributed by atoms with Crippen LogP contribution < -0.4 is 5.56 Å². The van der Waals surface area contributed by atoms with E-state index in [9.17, 15) is 22.8 Å². The van der Waals surface area contributed by atoms with E-state index in [0.29, 0.717) is 18.6 Å². The largest absolute Gasteiger partial charge is 0.416 e. The molecule has 0 N–H and O–H groups in total. The second-order valence-electron chi connectivity index (χ2n) is 6.81. The van der Waals surface area contributed by atoms with Crippen LogP contribution in [0, 0.1) is 0 Å². The lowest BCUT2D eigenvalue weighted by Crippen LogP contribution is -2.30. The molecular weight excluding hydrogens is 369 g/mol. The maximum absolute atomic E-state index is 13.2. The Balaban J connectivity index is 1.99. The van der Waals surface area contributed by atoms with E-state index in [1.807, 2.05) is 0 Å². The first-order chi connectivity index (χ1) is 13.4. The minimum absolute atomic E-state index is 0.195. The van der Waals surface area contributed by atoms with Crippen molar-refractivity contribution in [3.05, 3.63) is 76.2 Å². The fraction of sp³-hybridized carbons (Fsp3) is 0.238. The van der Waals surface area contributed by atoms with E-state index in [1.54, 1.807) is 29.3 Å². The van der Waals surface area contributed by atoms with Gasteiger partial charge in [0.15, 0.2) is 0 Å². The number of nitrogens with zero attached hydrogens (tertiary/aromatic N) is 2. The fourth-order valence-corrected chi connectivity index (χ4v) is 3.64. The first-order valence-corrected chi connectivity index (χ1v) is 8.97. The van der Waals surface area contributed by atoms with E-state index in [-0.39, 0.29) is 22.6 Å². The Kier molecular flexibility index (Phi) is 4.45. The smallest absolute Gasteiger partial charge is 0.339 e. The standard InChI is InChI=1S/C21H17F3N2O2/c22-21(23,24)15-7-5-6-14(12-15)16-13-18(27)26-11-2-1-8-17(26)19(16)20(28)25-9-3-4-10-25/h1-2,5-8,11-13H,3-4,9-10H2. The van der Waals surface area contributed by atoms with Crippen molar-refractivity contribution in [1.82, 2.24) is 9.30 Å². The Hall–Kier alpha value is -3.09. The number of benzene rings is 1. The summed E-state index contributed by atoms with van der Waals surface area (Å²) in [6.45, 7) is 1.19.